The molecule has 2 N–H and O–H groups in total. The molecular weight excluding hydrogens is 414 g/mol. The first-order valence-electron chi connectivity index (χ1n) is 10.2. The molecule has 1 aliphatic rings. The van der Waals surface area contributed by atoms with Crippen LogP contribution in [0, 0.1) is 6.92 Å². The molecule has 0 aliphatic carbocycles. The summed E-state index contributed by atoms with van der Waals surface area (Å²) in [7, 11) is 3.05. The van der Waals surface area contributed by atoms with Crippen LogP contribution >= 0.6 is 0 Å². The second kappa shape index (κ2) is 9.74. The fourth-order valence-corrected chi connectivity index (χ4v) is 3.80. The molecule has 0 radical (unpaired) electrons. The predicted octanol–water partition coefficient (Wildman–Crippen LogP) is 3.18. The predicted molar refractivity (Wildman–Crippen MR) is 118 cm³/mol. The molecule has 1 heterocycles. The third-order valence-corrected chi connectivity index (χ3v) is 5.34. The van der Waals surface area contributed by atoms with E-state index in [2.05, 4.69) is 0 Å². The van der Waals surface area contributed by atoms with Crippen LogP contribution in [0.1, 0.15) is 29.7 Å². The summed E-state index contributed by atoms with van der Waals surface area (Å²) in [4.78, 5) is 27.2. The Morgan fingerprint density at radius 2 is 1.84 bits per heavy atom. The first-order valence-corrected chi connectivity index (χ1v) is 10.2. The van der Waals surface area contributed by atoms with Crippen molar-refractivity contribution in [2.75, 3.05) is 34.0 Å². The van der Waals surface area contributed by atoms with Gasteiger partial charge in [-0.15, -0.1) is 0 Å². The Morgan fingerprint density at radius 3 is 2.47 bits per heavy atom. The van der Waals surface area contributed by atoms with Crippen molar-refractivity contribution in [3.8, 4) is 17.2 Å². The van der Waals surface area contributed by atoms with E-state index >= 15 is 0 Å². The fourth-order valence-electron chi connectivity index (χ4n) is 3.80. The Bertz CT molecular complexity index is 1060. The maximum atomic E-state index is 13.0. The molecule has 3 rings (SSSR count). The van der Waals surface area contributed by atoms with Crippen molar-refractivity contribution in [3.63, 3.8) is 0 Å². The van der Waals surface area contributed by atoms with Gasteiger partial charge in [0, 0.05) is 19.2 Å². The van der Waals surface area contributed by atoms with Gasteiger partial charge in [0.15, 0.2) is 11.5 Å². The first-order chi connectivity index (χ1) is 15.3. The topological polar surface area (TPSA) is 106 Å². The molecule has 0 bridgehead atoms. The monoisotopic (exact) mass is 441 g/mol. The molecule has 0 aromatic heterocycles. The zero-order valence-corrected chi connectivity index (χ0v) is 18.5. The highest BCUT2D eigenvalue weighted by molar-refractivity contribution is 6.46. The second-order valence-corrected chi connectivity index (χ2v) is 7.33. The van der Waals surface area contributed by atoms with E-state index in [1.807, 2.05) is 6.92 Å². The molecule has 1 amide bonds. The zero-order valence-electron chi connectivity index (χ0n) is 18.5. The van der Waals surface area contributed by atoms with Crippen LogP contribution in [0.4, 0.5) is 0 Å². The number of carbonyl (C=O) groups is 2. The lowest BCUT2D eigenvalue weighted by Gasteiger charge is -2.25. The van der Waals surface area contributed by atoms with E-state index in [0.29, 0.717) is 23.5 Å². The molecule has 8 nitrogen and oxygen atoms in total. The van der Waals surface area contributed by atoms with Gasteiger partial charge in [-0.2, -0.15) is 0 Å². The summed E-state index contributed by atoms with van der Waals surface area (Å²) in [6.45, 7) is 4.28. The maximum absolute atomic E-state index is 13.0. The van der Waals surface area contributed by atoms with Crippen LogP contribution < -0.4 is 9.47 Å². The third kappa shape index (κ3) is 4.27. The number of aryl methyl sites for hydroxylation is 1. The van der Waals surface area contributed by atoms with Gasteiger partial charge >= 0.3 is 0 Å². The summed E-state index contributed by atoms with van der Waals surface area (Å²) >= 11 is 0. The lowest BCUT2D eigenvalue weighted by Crippen LogP contribution is -2.32. The zero-order chi connectivity index (χ0) is 23.4. The van der Waals surface area contributed by atoms with Crippen molar-refractivity contribution in [2.45, 2.75) is 19.9 Å². The molecule has 2 aromatic rings. The SMILES string of the molecule is CCOc1cc(C2/C(=C(/O)c3ccc(OC)c(C)c3)C(=O)C(=O)N2CCOC)ccc1O. The van der Waals surface area contributed by atoms with Gasteiger partial charge in [0.2, 0.25) is 0 Å². The number of aliphatic hydroxyl groups excluding tert-OH is 1. The summed E-state index contributed by atoms with van der Waals surface area (Å²) in [5, 5.41) is 21.2. The Balaban J connectivity index is 2.19. The molecule has 1 aliphatic heterocycles. The molecule has 1 saturated heterocycles. The average molecular weight is 441 g/mol. The Kier molecular flexibility index (Phi) is 7.05. The lowest BCUT2D eigenvalue weighted by molar-refractivity contribution is -0.140. The van der Waals surface area contributed by atoms with E-state index in [0.717, 1.165) is 5.56 Å². The van der Waals surface area contributed by atoms with E-state index in [4.69, 9.17) is 14.2 Å². The first kappa shape index (κ1) is 23.1. The molecular formula is C24H27NO7. The number of aliphatic hydroxyl groups is 1. The van der Waals surface area contributed by atoms with Crippen molar-refractivity contribution in [3.05, 3.63) is 58.7 Å². The minimum absolute atomic E-state index is 0.0381. The fraction of sp³-hybridized carbons (Fsp3) is 0.333. The van der Waals surface area contributed by atoms with Gasteiger partial charge in [0.1, 0.15) is 11.5 Å². The number of carbonyl (C=O) groups excluding carboxylic acids is 2. The van der Waals surface area contributed by atoms with Gasteiger partial charge in [0.05, 0.1) is 31.9 Å². The standard InChI is InChI=1S/C24H27NO7/c1-5-32-19-13-15(6-8-17(19)26)21-20(23(28)24(29)25(21)10-11-30-3)22(27)16-7-9-18(31-4)14(2)12-16/h6-9,12-13,21,26-27H,5,10-11H2,1-4H3/b22-20-. The average Bonchev–Trinajstić information content (AvgIpc) is 3.03. The van der Waals surface area contributed by atoms with Gasteiger partial charge < -0.3 is 29.3 Å². The number of amides is 1. The molecule has 1 unspecified atom stereocenters. The number of hydrogen-bond acceptors (Lipinski definition) is 7. The van der Waals surface area contributed by atoms with E-state index in [-0.39, 0.29) is 36.0 Å². The second-order valence-electron chi connectivity index (χ2n) is 7.33. The maximum Gasteiger partial charge on any atom is 0.295 e. The number of nitrogens with zero attached hydrogens (tertiary/aromatic N) is 1. The molecule has 0 saturated carbocycles. The number of Topliss-reactive ketones (excluding diaryl/α,β-unsaturated/α-hetero) is 1. The third-order valence-electron chi connectivity index (χ3n) is 5.34. The largest absolute Gasteiger partial charge is 0.507 e. The van der Waals surface area contributed by atoms with Gasteiger partial charge in [0.25, 0.3) is 11.7 Å². The van der Waals surface area contributed by atoms with Crippen molar-refractivity contribution in [1.29, 1.82) is 0 Å². The number of rotatable bonds is 8. The summed E-state index contributed by atoms with van der Waals surface area (Å²) in [5.41, 5.74) is 1.64. The van der Waals surface area contributed by atoms with Crippen LogP contribution in [0.15, 0.2) is 42.0 Å². The van der Waals surface area contributed by atoms with Crippen LogP contribution in [0.2, 0.25) is 0 Å². The van der Waals surface area contributed by atoms with E-state index in [9.17, 15) is 19.8 Å². The number of ketones is 1. The minimum atomic E-state index is -0.868. The summed E-state index contributed by atoms with van der Waals surface area (Å²) in [6, 6.07) is 8.75. The minimum Gasteiger partial charge on any atom is -0.507 e. The summed E-state index contributed by atoms with van der Waals surface area (Å²) in [5.74, 6) is -1.01. The quantitative estimate of drug-likeness (QED) is 0.368. The number of phenols is 1. The number of aromatic hydroxyl groups is 1. The Labute approximate surface area is 186 Å². The number of ether oxygens (including phenoxy) is 3. The van der Waals surface area contributed by atoms with Crippen LogP contribution in [-0.2, 0) is 14.3 Å². The highest BCUT2D eigenvalue weighted by Gasteiger charge is 2.46. The van der Waals surface area contributed by atoms with Gasteiger partial charge in [-0.05, 0) is 55.3 Å². The molecule has 1 fully saturated rings. The lowest BCUT2D eigenvalue weighted by atomic mass is 9.94. The Morgan fingerprint density at radius 1 is 1.09 bits per heavy atom. The molecule has 1 atom stereocenters. The highest BCUT2D eigenvalue weighted by Crippen LogP contribution is 2.42. The normalized spacial score (nSPS) is 17.6. The Hall–Kier alpha value is -3.52. The number of benzene rings is 2. The summed E-state index contributed by atoms with van der Waals surface area (Å²) in [6.07, 6.45) is 0. The molecule has 170 valence electrons. The van der Waals surface area contributed by atoms with Crippen LogP contribution in [0.5, 0.6) is 17.2 Å². The van der Waals surface area contributed by atoms with E-state index in [1.54, 1.807) is 44.4 Å². The van der Waals surface area contributed by atoms with E-state index < -0.39 is 17.7 Å². The number of likely N-dealkylation sites (tertiary alicyclic amines) is 1. The smallest absolute Gasteiger partial charge is 0.295 e. The molecule has 0 spiro atoms. The molecule has 32 heavy (non-hydrogen) atoms. The number of phenolic OH excluding ortho intramolecular Hbond substituents is 1. The highest BCUT2D eigenvalue weighted by atomic mass is 16.5. The van der Waals surface area contributed by atoms with Crippen LogP contribution in [0.25, 0.3) is 5.76 Å². The van der Waals surface area contributed by atoms with Gasteiger partial charge in [-0.3, -0.25) is 9.59 Å². The molecule has 2 aromatic carbocycles. The van der Waals surface area contributed by atoms with Crippen molar-refractivity contribution in [2.24, 2.45) is 0 Å². The number of hydrogen-bond donors (Lipinski definition) is 2. The van der Waals surface area contributed by atoms with Crippen LogP contribution in [0.3, 0.4) is 0 Å². The van der Waals surface area contributed by atoms with Crippen molar-refractivity contribution >= 4 is 17.4 Å². The van der Waals surface area contributed by atoms with Gasteiger partial charge in [-0.1, -0.05) is 6.07 Å². The van der Waals surface area contributed by atoms with Crippen LogP contribution in [-0.4, -0.2) is 60.8 Å². The summed E-state index contributed by atoms with van der Waals surface area (Å²) < 4.78 is 15.8. The number of methoxy groups -OCH3 is 2. The van der Waals surface area contributed by atoms with Gasteiger partial charge in [-0.25, -0.2) is 0 Å². The van der Waals surface area contributed by atoms with E-state index in [1.165, 1.54) is 18.1 Å². The van der Waals surface area contributed by atoms with Crippen molar-refractivity contribution in [1.82, 2.24) is 4.90 Å². The molecule has 8 heteroatoms. The van der Waals surface area contributed by atoms with Crippen molar-refractivity contribution < 1.29 is 34.0 Å².